The number of pyridine rings is 1. The number of aromatic nitrogens is 4. The van der Waals surface area contributed by atoms with E-state index in [9.17, 15) is 11.0 Å². The molecule has 2 N–H and O–H groups in total. The first-order chi connectivity index (χ1) is 19.3. The fourth-order valence-corrected chi connectivity index (χ4v) is 4.83. The molecule has 7 nitrogen and oxygen atoms in total. The minimum absolute atomic E-state index is 0.271. The quantitative estimate of drug-likeness (QED) is 0.212. The molecule has 0 spiro atoms. The Hall–Kier alpha value is -4.19. The minimum atomic E-state index is -1.63. The first-order valence-corrected chi connectivity index (χ1v) is 13.0. The molecule has 39 heavy (non-hydrogen) atoms. The summed E-state index contributed by atoms with van der Waals surface area (Å²) in [6, 6.07) is 15.4. The normalized spacial score (nSPS) is 14.9. The molecule has 5 aromatic rings. The zero-order valence-corrected chi connectivity index (χ0v) is 22.2. The third-order valence-electron chi connectivity index (χ3n) is 6.66. The Bertz CT molecular complexity index is 1800. The number of nitrogens with one attached hydrogen (secondary N) is 2. The number of hydrogen-bond acceptors (Lipinski definition) is 6. The van der Waals surface area contributed by atoms with Crippen molar-refractivity contribution in [3.63, 3.8) is 0 Å². The van der Waals surface area contributed by atoms with E-state index >= 15 is 0 Å². The Morgan fingerprint density at radius 3 is 2.69 bits per heavy atom. The summed E-state index contributed by atoms with van der Waals surface area (Å²) in [4.78, 5) is 4.42. The van der Waals surface area contributed by atoms with E-state index < -0.39 is 11.8 Å². The van der Waals surface area contributed by atoms with E-state index in [1.807, 2.05) is 19.1 Å². The number of anilines is 3. The first kappa shape index (κ1) is 23.9. The lowest BCUT2D eigenvalue weighted by Gasteiger charge is -2.20. The molecule has 2 heterocycles. The third kappa shape index (κ3) is 4.99. The summed E-state index contributed by atoms with van der Waals surface area (Å²) < 4.78 is 25.1. The number of hydrogen-bond donors (Lipinski definition) is 2. The SMILES string of the molecule is [2H]C(Nc1cc(Cl)c2ncc(C#N)c(Nc3cccc(Cl)c3C)c2c1)(c1ccc(F)cc1)c1cn(C2CC2)nn1. The summed E-state index contributed by atoms with van der Waals surface area (Å²) in [6.07, 6.45) is 5.23. The molecule has 1 unspecified atom stereocenters. The summed E-state index contributed by atoms with van der Waals surface area (Å²) in [7, 11) is 0. The number of halogens is 3. The van der Waals surface area contributed by atoms with E-state index in [4.69, 9.17) is 23.2 Å². The van der Waals surface area contributed by atoms with Crippen LogP contribution in [0.15, 0.2) is 67.0 Å². The van der Waals surface area contributed by atoms with Crippen LogP contribution in [0, 0.1) is 24.1 Å². The maximum Gasteiger partial charge on any atom is 0.123 e. The lowest BCUT2D eigenvalue weighted by Crippen LogP contribution is -2.13. The molecule has 6 rings (SSSR count). The molecule has 3 aromatic carbocycles. The molecular weight excluding hydrogens is 536 g/mol. The molecule has 0 bridgehead atoms. The zero-order valence-electron chi connectivity index (χ0n) is 21.7. The largest absolute Gasteiger partial charge is 0.373 e. The Morgan fingerprint density at radius 1 is 1.15 bits per heavy atom. The lowest BCUT2D eigenvalue weighted by molar-refractivity contribution is 0.610. The fourth-order valence-electron chi connectivity index (χ4n) is 4.38. The highest BCUT2D eigenvalue weighted by atomic mass is 35.5. The first-order valence-electron chi connectivity index (χ1n) is 12.8. The van der Waals surface area contributed by atoms with Crippen LogP contribution < -0.4 is 10.6 Å². The second-order valence-electron chi connectivity index (χ2n) is 9.37. The molecule has 2 aromatic heterocycles. The van der Waals surface area contributed by atoms with Crippen LogP contribution >= 0.6 is 23.2 Å². The third-order valence-corrected chi connectivity index (χ3v) is 7.36. The summed E-state index contributed by atoms with van der Waals surface area (Å²) >= 11 is 13.0. The molecule has 1 saturated carbocycles. The van der Waals surface area contributed by atoms with Crippen molar-refractivity contribution in [3.05, 3.63) is 105 Å². The van der Waals surface area contributed by atoms with Crippen molar-refractivity contribution in [2.75, 3.05) is 10.6 Å². The molecule has 194 valence electrons. The van der Waals surface area contributed by atoms with Gasteiger partial charge in [0.2, 0.25) is 0 Å². The van der Waals surface area contributed by atoms with Gasteiger partial charge in [-0.1, -0.05) is 46.6 Å². The van der Waals surface area contributed by atoms with Gasteiger partial charge < -0.3 is 10.6 Å². The van der Waals surface area contributed by atoms with Crippen molar-refractivity contribution in [2.24, 2.45) is 0 Å². The van der Waals surface area contributed by atoms with Crippen molar-refractivity contribution in [1.29, 1.82) is 5.26 Å². The van der Waals surface area contributed by atoms with Gasteiger partial charge in [-0.3, -0.25) is 4.98 Å². The van der Waals surface area contributed by atoms with Gasteiger partial charge in [-0.2, -0.15) is 5.26 Å². The number of benzene rings is 3. The minimum Gasteiger partial charge on any atom is -0.373 e. The number of rotatable bonds is 7. The molecule has 0 aliphatic heterocycles. The second kappa shape index (κ2) is 10.2. The highest BCUT2D eigenvalue weighted by Gasteiger charge is 2.27. The van der Waals surface area contributed by atoms with Crippen LogP contribution in [0.5, 0.6) is 0 Å². The van der Waals surface area contributed by atoms with Crippen molar-refractivity contribution >= 4 is 51.2 Å². The molecule has 0 amide bonds. The maximum atomic E-state index is 13.8. The van der Waals surface area contributed by atoms with Crippen LogP contribution in [0.1, 0.15) is 48.7 Å². The van der Waals surface area contributed by atoms with Crippen LogP contribution in [0.4, 0.5) is 21.5 Å². The highest BCUT2D eigenvalue weighted by molar-refractivity contribution is 6.36. The summed E-state index contributed by atoms with van der Waals surface area (Å²) in [5.74, 6) is -0.413. The van der Waals surface area contributed by atoms with Crippen LogP contribution in [0.2, 0.25) is 10.0 Å². The fraction of sp³-hybridized carbons (Fsp3) is 0.172. The van der Waals surface area contributed by atoms with Crippen LogP contribution in [0.25, 0.3) is 10.9 Å². The van der Waals surface area contributed by atoms with E-state index in [0.29, 0.717) is 49.1 Å². The highest BCUT2D eigenvalue weighted by Crippen LogP contribution is 2.38. The van der Waals surface area contributed by atoms with Crippen molar-refractivity contribution < 1.29 is 5.76 Å². The molecule has 1 aliphatic carbocycles. The Balaban J connectivity index is 1.48. The van der Waals surface area contributed by atoms with Crippen molar-refractivity contribution in [1.82, 2.24) is 20.0 Å². The number of nitriles is 1. The van der Waals surface area contributed by atoms with Crippen molar-refractivity contribution in [2.45, 2.75) is 31.8 Å². The topological polar surface area (TPSA) is 91.5 Å². The molecular formula is C29H22Cl2FN7. The smallest absolute Gasteiger partial charge is 0.123 e. The van der Waals surface area contributed by atoms with E-state index in [0.717, 1.165) is 24.1 Å². The standard InChI is InChI=1S/C29H22Cl2FN7/c1-16-23(30)3-2-4-25(16)36-27-18(13-33)14-34-29-22(27)11-20(12-24(29)31)35-28(17-5-7-19(32)8-6-17)26-15-39(38-37-26)21-9-10-21/h2-8,11-12,14-15,21,28,35H,9-10H2,1H3,(H,34,36)/i28D. The summed E-state index contributed by atoms with van der Waals surface area (Å²) in [5.41, 5.74) is 4.11. The molecule has 1 fully saturated rings. The molecule has 0 saturated heterocycles. The van der Waals surface area contributed by atoms with E-state index in [1.165, 1.54) is 18.3 Å². The van der Waals surface area contributed by atoms with Gasteiger partial charge in [0.25, 0.3) is 0 Å². The molecule has 1 atom stereocenters. The second-order valence-corrected chi connectivity index (χ2v) is 10.2. The average Bonchev–Trinajstić information content (AvgIpc) is 3.67. The van der Waals surface area contributed by atoms with Gasteiger partial charge in [0, 0.05) is 28.0 Å². The molecule has 0 radical (unpaired) electrons. The van der Waals surface area contributed by atoms with Gasteiger partial charge in [-0.05, 0) is 67.3 Å². The average molecular weight is 559 g/mol. The molecule has 1 aliphatic rings. The monoisotopic (exact) mass is 558 g/mol. The van der Waals surface area contributed by atoms with Crippen molar-refractivity contribution in [3.8, 4) is 6.07 Å². The van der Waals surface area contributed by atoms with E-state index in [-0.39, 0.29) is 6.04 Å². The number of nitrogens with zero attached hydrogens (tertiary/aromatic N) is 5. The predicted molar refractivity (Wildman–Crippen MR) is 151 cm³/mol. The lowest BCUT2D eigenvalue weighted by atomic mass is 10.0. The maximum absolute atomic E-state index is 13.8. The van der Waals surface area contributed by atoms with Gasteiger partial charge >= 0.3 is 0 Å². The predicted octanol–water partition coefficient (Wildman–Crippen LogP) is 7.73. The van der Waals surface area contributed by atoms with Crippen LogP contribution in [-0.4, -0.2) is 20.0 Å². The van der Waals surface area contributed by atoms with E-state index in [2.05, 4.69) is 32.0 Å². The summed E-state index contributed by atoms with van der Waals surface area (Å²) in [6.45, 7) is 1.88. The Labute approximate surface area is 235 Å². The van der Waals surface area contributed by atoms with Gasteiger partial charge in [-0.15, -0.1) is 5.10 Å². The van der Waals surface area contributed by atoms with E-state index in [1.54, 1.807) is 41.2 Å². The molecule has 10 heteroatoms. The Morgan fingerprint density at radius 2 is 1.95 bits per heavy atom. The van der Waals surface area contributed by atoms with Crippen LogP contribution in [-0.2, 0) is 0 Å². The van der Waals surface area contributed by atoms with Gasteiger partial charge in [-0.25, -0.2) is 9.07 Å². The zero-order chi connectivity index (χ0) is 28.0. The van der Waals surface area contributed by atoms with Gasteiger partial charge in [0.1, 0.15) is 17.6 Å². The van der Waals surface area contributed by atoms with Gasteiger partial charge in [0.05, 0.1) is 41.4 Å². The Kier molecular flexibility index (Phi) is 6.23. The summed E-state index contributed by atoms with van der Waals surface area (Å²) in [5, 5.41) is 26.5. The number of fused-ring (bicyclic) bond motifs is 1. The van der Waals surface area contributed by atoms with Crippen LogP contribution in [0.3, 0.4) is 0 Å². The van der Waals surface area contributed by atoms with Gasteiger partial charge in [0.15, 0.2) is 0 Å².